The third-order valence-corrected chi connectivity index (χ3v) is 3.48. The molecule has 1 amide bonds. The zero-order valence-corrected chi connectivity index (χ0v) is 11.3. The Bertz CT molecular complexity index is 670. The van der Waals surface area contributed by atoms with Crippen LogP contribution in [0.3, 0.4) is 0 Å². The fraction of sp³-hybridized carbons (Fsp3) is 0.286. The van der Waals surface area contributed by atoms with Gasteiger partial charge in [0.05, 0.1) is 17.3 Å². The Hall–Kier alpha value is -2.50. The van der Waals surface area contributed by atoms with E-state index in [4.69, 9.17) is 0 Å². The summed E-state index contributed by atoms with van der Waals surface area (Å²) < 4.78 is 0. The molecule has 0 aliphatic carbocycles. The number of hydrogen-bond donors (Lipinski definition) is 2. The number of para-hydroxylation sites is 1. The fourth-order valence-corrected chi connectivity index (χ4v) is 2.22. The van der Waals surface area contributed by atoms with Gasteiger partial charge < -0.3 is 5.32 Å². The molecule has 0 saturated heterocycles. The van der Waals surface area contributed by atoms with Gasteiger partial charge in [0, 0.05) is 12.2 Å². The second kappa shape index (κ2) is 4.88. The second-order valence-corrected chi connectivity index (χ2v) is 4.82. The minimum Gasteiger partial charge on any atom is -0.384 e. The van der Waals surface area contributed by atoms with Gasteiger partial charge in [-0.3, -0.25) is 10.1 Å². The molecule has 6 heteroatoms. The highest BCUT2D eigenvalue weighted by Crippen LogP contribution is 2.31. The first-order chi connectivity index (χ1) is 9.65. The van der Waals surface area contributed by atoms with Gasteiger partial charge in [-0.2, -0.15) is 5.10 Å². The smallest absolute Gasteiger partial charge is 0.249 e. The number of hydrogen-bond acceptors (Lipinski definition) is 5. The number of carbonyl (C=O) groups excluding carboxylic acids is 1. The second-order valence-electron chi connectivity index (χ2n) is 4.82. The van der Waals surface area contributed by atoms with Crippen LogP contribution in [0.25, 0.3) is 0 Å². The summed E-state index contributed by atoms with van der Waals surface area (Å²) in [4.78, 5) is 16.5. The van der Waals surface area contributed by atoms with Crippen molar-refractivity contribution in [2.75, 3.05) is 17.2 Å². The Labute approximate surface area is 116 Å². The summed E-state index contributed by atoms with van der Waals surface area (Å²) in [6, 6.07) is 7.80. The molecule has 1 atom stereocenters. The van der Waals surface area contributed by atoms with Crippen LogP contribution in [0.15, 0.2) is 24.3 Å². The van der Waals surface area contributed by atoms with E-state index in [1.54, 1.807) is 0 Å². The monoisotopic (exact) mass is 269 g/mol. The molecule has 0 bridgehead atoms. The van der Waals surface area contributed by atoms with E-state index in [1.165, 1.54) is 0 Å². The first-order valence-corrected chi connectivity index (χ1v) is 6.47. The predicted molar refractivity (Wildman–Crippen MR) is 75.6 cm³/mol. The molecule has 1 aliphatic rings. The number of amides is 1. The molecule has 6 nitrogen and oxygen atoms in total. The van der Waals surface area contributed by atoms with Crippen LogP contribution in [0, 0.1) is 13.8 Å². The van der Waals surface area contributed by atoms with Crippen molar-refractivity contribution in [3.05, 3.63) is 41.2 Å². The van der Waals surface area contributed by atoms with Crippen LogP contribution in [0.1, 0.15) is 22.9 Å². The Morgan fingerprint density at radius 3 is 2.85 bits per heavy atom. The summed E-state index contributed by atoms with van der Waals surface area (Å²) >= 11 is 0. The molecule has 3 rings (SSSR count). The summed E-state index contributed by atoms with van der Waals surface area (Å²) in [5.41, 5.74) is 3.53. The van der Waals surface area contributed by atoms with Crippen molar-refractivity contribution < 1.29 is 4.79 Å². The van der Waals surface area contributed by atoms with Crippen molar-refractivity contribution in [2.45, 2.75) is 19.8 Å². The SMILES string of the molecule is Cc1nnc(NC(=O)C2CNc3ccccc32)nc1C. The molecule has 1 aromatic heterocycles. The molecule has 20 heavy (non-hydrogen) atoms. The molecule has 0 fully saturated rings. The molecule has 2 N–H and O–H groups in total. The van der Waals surface area contributed by atoms with Crippen molar-refractivity contribution in [1.29, 1.82) is 0 Å². The van der Waals surface area contributed by atoms with Gasteiger partial charge >= 0.3 is 0 Å². The van der Waals surface area contributed by atoms with E-state index in [0.29, 0.717) is 6.54 Å². The van der Waals surface area contributed by atoms with Gasteiger partial charge in [0.2, 0.25) is 11.9 Å². The average molecular weight is 269 g/mol. The Kier molecular flexibility index (Phi) is 3.06. The van der Waals surface area contributed by atoms with E-state index in [2.05, 4.69) is 25.8 Å². The summed E-state index contributed by atoms with van der Waals surface area (Å²) in [7, 11) is 0. The Morgan fingerprint density at radius 2 is 2.05 bits per heavy atom. The lowest BCUT2D eigenvalue weighted by molar-refractivity contribution is -0.117. The van der Waals surface area contributed by atoms with Crippen molar-refractivity contribution in [3.8, 4) is 0 Å². The third kappa shape index (κ3) is 2.20. The summed E-state index contributed by atoms with van der Waals surface area (Å²) in [5, 5.41) is 13.8. The number of aromatic nitrogens is 3. The Morgan fingerprint density at radius 1 is 1.25 bits per heavy atom. The van der Waals surface area contributed by atoms with E-state index < -0.39 is 0 Å². The zero-order valence-electron chi connectivity index (χ0n) is 11.3. The van der Waals surface area contributed by atoms with E-state index in [-0.39, 0.29) is 17.8 Å². The quantitative estimate of drug-likeness (QED) is 0.866. The van der Waals surface area contributed by atoms with Crippen LogP contribution in [0.2, 0.25) is 0 Å². The summed E-state index contributed by atoms with van der Waals surface area (Å²) in [6.07, 6.45) is 0. The Balaban J connectivity index is 1.79. The number of nitrogens with one attached hydrogen (secondary N) is 2. The number of anilines is 2. The van der Waals surface area contributed by atoms with Gasteiger partial charge in [-0.05, 0) is 25.5 Å². The standard InChI is InChI=1S/C14H15N5O/c1-8-9(2)18-19-14(16-8)17-13(20)11-7-15-12-6-4-3-5-10(11)12/h3-6,11,15H,7H2,1-2H3,(H,16,17,19,20). The highest BCUT2D eigenvalue weighted by atomic mass is 16.2. The third-order valence-electron chi connectivity index (χ3n) is 3.48. The topological polar surface area (TPSA) is 79.8 Å². The maximum atomic E-state index is 12.3. The average Bonchev–Trinajstić information content (AvgIpc) is 2.87. The normalized spacial score (nSPS) is 16.4. The number of aryl methyl sites for hydroxylation is 2. The molecular weight excluding hydrogens is 254 g/mol. The maximum Gasteiger partial charge on any atom is 0.249 e. The first-order valence-electron chi connectivity index (χ1n) is 6.47. The van der Waals surface area contributed by atoms with Crippen LogP contribution in [0.5, 0.6) is 0 Å². The summed E-state index contributed by atoms with van der Waals surface area (Å²) in [6.45, 7) is 4.26. The van der Waals surface area contributed by atoms with Gasteiger partial charge in [-0.1, -0.05) is 18.2 Å². The van der Waals surface area contributed by atoms with E-state index in [0.717, 1.165) is 22.6 Å². The molecule has 0 radical (unpaired) electrons. The highest BCUT2D eigenvalue weighted by molar-refractivity contribution is 5.97. The van der Waals surface area contributed by atoms with Crippen molar-refractivity contribution in [3.63, 3.8) is 0 Å². The molecule has 0 spiro atoms. The van der Waals surface area contributed by atoms with Gasteiger partial charge in [-0.15, -0.1) is 5.10 Å². The minimum atomic E-state index is -0.226. The number of benzene rings is 1. The van der Waals surface area contributed by atoms with E-state index in [1.807, 2.05) is 38.1 Å². The number of fused-ring (bicyclic) bond motifs is 1. The fourth-order valence-electron chi connectivity index (χ4n) is 2.22. The van der Waals surface area contributed by atoms with Gasteiger partial charge in [-0.25, -0.2) is 4.98 Å². The summed E-state index contributed by atoms with van der Waals surface area (Å²) in [5.74, 6) is -0.0913. The zero-order chi connectivity index (χ0) is 14.1. The van der Waals surface area contributed by atoms with Crippen LogP contribution in [-0.2, 0) is 4.79 Å². The first kappa shape index (κ1) is 12.5. The van der Waals surface area contributed by atoms with E-state index in [9.17, 15) is 4.79 Å². The number of nitrogens with zero attached hydrogens (tertiary/aromatic N) is 3. The number of rotatable bonds is 2. The molecule has 2 heterocycles. The molecule has 0 saturated carbocycles. The minimum absolute atomic E-state index is 0.118. The van der Waals surface area contributed by atoms with Crippen LogP contribution in [0.4, 0.5) is 11.6 Å². The van der Waals surface area contributed by atoms with Crippen LogP contribution in [-0.4, -0.2) is 27.6 Å². The maximum absolute atomic E-state index is 12.3. The van der Waals surface area contributed by atoms with E-state index >= 15 is 0 Å². The largest absolute Gasteiger partial charge is 0.384 e. The lowest BCUT2D eigenvalue weighted by Crippen LogP contribution is -2.24. The van der Waals surface area contributed by atoms with Crippen LogP contribution >= 0.6 is 0 Å². The van der Waals surface area contributed by atoms with Gasteiger partial charge in [0.25, 0.3) is 0 Å². The highest BCUT2D eigenvalue weighted by Gasteiger charge is 2.28. The lowest BCUT2D eigenvalue weighted by atomic mass is 10.0. The number of carbonyl (C=O) groups is 1. The van der Waals surface area contributed by atoms with Crippen molar-refractivity contribution in [1.82, 2.24) is 15.2 Å². The molecule has 1 aromatic carbocycles. The lowest BCUT2D eigenvalue weighted by Gasteiger charge is -2.10. The van der Waals surface area contributed by atoms with Gasteiger partial charge in [0.15, 0.2) is 0 Å². The molecule has 2 aromatic rings. The molecule has 1 aliphatic heterocycles. The van der Waals surface area contributed by atoms with Crippen molar-refractivity contribution >= 4 is 17.5 Å². The van der Waals surface area contributed by atoms with Crippen LogP contribution < -0.4 is 10.6 Å². The molecule has 1 unspecified atom stereocenters. The predicted octanol–water partition coefficient (Wildman–Crippen LogP) is 1.64. The van der Waals surface area contributed by atoms with Gasteiger partial charge in [0.1, 0.15) is 0 Å². The molecular formula is C14H15N5O. The molecule has 102 valence electrons. The van der Waals surface area contributed by atoms with Crippen molar-refractivity contribution in [2.24, 2.45) is 0 Å².